The number of aromatic hydroxyl groups is 1. The molecule has 1 aromatic rings. The van der Waals surface area contributed by atoms with Crippen LogP contribution in [0.15, 0.2) is 24.3 Å². The van der Waals surface area contributed by atoms with Crippen molar-refractivity contribution in [3.63, 3.8) is 0 Å². The molecular weight excluding hydrogens is 140 g/mol. The maximum absolute atomic E-state index is 9.09. The van der Waals surface area contributed by atoms with E-state index in [-0.39, 0.29) is 11.9 Å². The Morgan fingerprint density at radius 3 is 2.18 bits per heavy atom. The van der Waals surface area contributed by atoms with E-state index in [9.17, 15) is 0 Å². The maximum Gasteiger partial charge on any atom is 0.115 e. The van der Waals surface area contributed by atoms with Crippen molar-refractivity contribution in [2.24, 2.45) is 0 Å². The van der Waals surface area contributed by atoms with Crippen LogP contribution >= 0.6 is 0 Å². The Morgan fingerprint density at radius 1 is 1.18 bits per heavy atom. The molecule has 1 saturated carbocycles. The maximum atomic E-state index is 9.09. The lowest BCUT2D eigenvalue weighted by Crippen LogP contribution is -1.84. The number of hydrogen-bond donors (Lipinski definition) is 2. The van der Waals surface area contributed by atoms with Gasteiger partial charge in [-0.05, 0) is 24.1 Å². The van der Waals surface area contributed by atoms with Gasteiger partial charge in [0.1, 0.15) is 5.75 Å². The van der Waals surface area contributed by atoms with Gasteiger partial charge in [-0.2, -0.15) is 0 Å². The van der Waals surface area contributed by atoms with Crippen molar-refractivity contribution >= 4 is 0 Å². The van der Waals surface area contributed by atoms with Crippen LogP contribution in [0.1, 0.15) is 17.9 Å². The van der Waals surface area contributed by atoms with Gasteiger partial charge in [-0.15, -0.1) is 0 Å². The molecular formula is C9H10O2. The third kappa shape index (κ3) is 1.21. The molecule has 0 radical (unpaired) electrons. The molecule has 58 valence electrons. The standard InChI is InChI=1S/C9H10O2/c10-7-3-1-6(2-4-7)8-5-9(8)11/h1-4,8-11H,5H2. The summed E-state index contributed by atoms with van der Waals surface area (Å²) in [6.07, 6.45) is 0.713. The van der Waals surface area contributed by atoms with E-state index in [1.807, 2.05) is 12.1 Å². The van der Waals surface area contributed by atoms with E-state index in [1.165, 1.54) is 0 Å². The molecule has 0 saturated heterocycles. The molecule has 2 N–H and O–H groups in total. The monoisotopic (exact) mass is 150 g/mol. The molecule has 0 heterocycles. The molecule has 2 rings (SSSR count). The highest BCUT2D eigenvalue weighted by molar-refractivity contribution is 5.32. The first-order chi connectivity index (χ1) is 5.27. The average Bonchev–Trinajstić information content (AvgIpc) is 2.69. The highest BCUT2D eigenvalue weighted by Crippen LogP contribution is 2.40. The molecule has 0 spiro atoms. The average molecular weight is 150 g/mol. The molecule has 0 aromatic heterocycles. The first-order valence-corrected chi connectivity index (χ1v) is 3.74. The van der Waals surface area contributed by atoms with Crippen molar-refractivity contribution in [2.75, 3.05) is 0 Å². The van der Waals surface area contributed by atoms with Crippen LogP contribution < -0.4 is 0 Å². The minimum Gasteiger partial charge on any atom is -0.508 e. The van der Waals surface area contributed by atoms with Crippen molar-refractivity contribution in [2.45, 2.75) is 18.4 Å². The molecule has 11 heavy (non-hydrogen) atoms. The first kappa shape index (κ1) is 6.68. The second-order valence-corrected chi connectivity index (χ2v) is 3.00. The molecule has 2 heteroatoms. The number of phenolic OH excluding ortho intramolecular Hbond substituents is 1. The summed E-state index contributed by atoms with van der Waals surface area (Å²) < 4.78 is 0. The van der Waals surface area contributed by atoms with Crippen LogP contribution in [0.3, 0.4) is 0 Å². The lowest BCUT2D eigenvalue weighted by molar-refractivity contribution is 0.271. The zero-order valence-electron chi connectivity index (χ0n) is 6.07. The van der Waals surface area contributed by atoms with Crippen molar-refractivity contribution in [3.8, 4) is 5.75 Å². The van der Waals surface area contributed by atoms with Crippen molar-refractivity contribution < 1.29 is 10.2 Å². The fraction of sp³-hybridized carbons (Fsp3) is 0.333. The first-order valence-electron chi connectivity index (χ1n) is 3.74. The number of aliphatic hydroxyl groups excluding tert-OH is 1. The summed E-state index contributed by atoms with van der Waals surface area (Å²) >= 11 is 0. The summed E-state index contributed by atoms with van der Waals surface area (Å²) in [5, 5.41) is 18.0. The van der Waals surface area contributed by atoms with Gasteiger partial charge >= 0.3 is 0 Å². The lowest BCUT2D eigenvalue weighted by atomic mass is 10.1. The minimum absolute atomic E-state index is 0.153. The van der Waals surface area contributed by atoms with Gasteiger partial charge in [0, 0.05) is 5.92 Å². The predicted octanol–water partition coefficient (Wildman–Crippen LogP) is 1.24. The summed E-state index contributed by atoms with van der Waals surface area (Å²) in [4.78, 5) is 0. The smallest absolute Gasteiger partial charge is 0.115 e. The second-order valence-electron chi connectivity index (χ2n) is 3.00. The van der Waals surface area contributed by atoms with Crippen molar-refractivity contribution in [3.05, 3.63) is 29.8 Å². The molecule has 1 fully saturated rings. The highest BCUT2D eigenvalue weighted by Gasteiger charge is 2.36. The van der Waals surface area contributed by atoms with Gasteiger partial charge in [-0.3, -0.25) is 0 Å². The molecule has 2 nitrogen and oxygen atoms in total. The van der Waals surface area contributed by atoms with E-state index < -0.39 is 0 Å². The highest BCUT2D eigenvalue weighted by atomic mass is 16.3. The zero-order valence-corrected chi connectivity index (χ0v) is 6.07. The summed E-state index contributed by atoms with van der Waals surface area (Å²) in [6, 6.07) is 7.02. The summed E-state index contributed by atoms with van der Waals surface area (Å²) in [6.45, 7) is 0. The van der Waals surface area contributed by atoms with Gasteiger partial charge in [0.2, 0.25) is 0 Å². The van der Waals surface area contributed by atoms with E-state index >= 15 is 0 Å². The normalized spacial score (nSPS) is 28.5. The van der Waals surface area contributed by atoms with Gasteiger partial charge in [-0.1, -0.05) is 12.1 Å². The van der Waals surface area contributed by atoms with Crippen molar-refractivity contribution in [1.82, 2.24) is 0 Å². The SMILES string of the molecule is Oc1ccc(C2CC2O)cc1. The minimum atomic E-state index is -0.153. The topological polar surface area (TPSA) is 40.5 Å². The van der Waals surface area contributed by atoms with Crippen LogP contribution in [-0.4, -0.2) is 16.3 Å². The van der Waals surface area contributed by atoms with Crippen LogP contribution in [0.2, 0.25) is 0 Å². The largest absolute Gasteiger partial charge is 0.508 e. The number of benzene rings is 1. The van der Waals surface area contributed by atoms with Crippen LogP contribution in [0.5, 0.6) is 5.75 Å². The number of aliphatic hydroxyl groups is 1. The summed E-state index contributed by atoms with van der Waals surface area (Å²) in [5.41, 5.74) is 1.12. The van der Waals surface area contributed by atoms with Gasteiger partial charge in [0.25, 0.3) is 0 Å². The molecule has 1 aromatic carbocycles. The van der Waals surface area contributed by atoms with E-state index in [0.717, 1.165) is 12.0 Å². The molecule has 0 aliphatic heterocycles. The molecule has 2 unspecified atom stereocenters. The Morgan fingerprint density at radius 2 is 1.73 bits per heavy atom. The fourth-order valence-electron chi connectivity index (χ4n) is 1.26. The van der Waals surface area contributed by atoms with Crippen LogP contribution in [0.4, 0.5) is 0 Å². The lowest BCUT2D eigenvalue weighted by Gasteiger charge is -1.96. The predicted molar refractivity (Wildman–Crippen MR) is 41.5 cm³/mol. The Hall–Kier alpha value is -1.02. The quantitative estimate of drug-likeness (QED) is 0.632. The van der Waals surface area contributed by atoms with Crippen LogP contribution in [0.25, 0.3) is 0 Å². The number of rotatable bonds is 1. The molecule has 0 bridgehead atoms. The summed E-state index contributed by atoms with van der Waals surface area (Å²) in [7, 11) is 0. The van der Waals surface area contributed by atoms with Gasteiger partial charge in [0.15, 0.2) is 0 Å². The molecule has 1 aliphatic carbocycles. The zero-order chi connectivity index (χ0) is 7.84. The molecule has 0 amide bonds. The Balaban J connectivity index is 2.21. The Labute approximate surface area is 65.1 Å². The van der Waals surface area contributed by atoms with Gasteiger partial charge in [-0.25, -0.2) is 0 Å². The van der Waals surface area contributed by atoms with E-state index in [2.05, 4.69) is 0 Å². The Bertz CT molecular complexity index is 253. The van der Waals surface area contributed by atoms with Crippen molar-refractivity contribution in [1.29, 1.82) is 0 Å². The van der Waals surface area contributed by atoms with Crippen LogP contribution in [0, 0.1) is 0 Å². The van der Waals surface area contributed by atoms with E-state index in [4.69, 9.17) is 10.2 Å². The number of phenols is 1. The molecule has 1 aliphatic rings. The fourth-order valence-corrected chi connectivity index (χ4v) is 1.26. The van der Waals surface area contributed by atoms with Crippen LogP contribution in [-0.2, 0) is 0 Å². The Kier molecular flexibility index (Phi) is 1.36. The van der Waals surface area contributed by atoms with E-state index in [1.54, 1.807) is 12.1 Å². The third-order valence-corrected chi connectivity index (χ3v) is 2.08. The molecule has 2 atom stereocenters. The van der Waals surface area contributed by atoms with Gasteiger partial charge < -0.3 is 10.2 Å². The van der Waals surface area contributed by atoms with Gasteiger partial charge in [0.05, 0.1) is 6.10 Å². The number of hydrogen-bond acceptors (Lipinski definition) is 2. The summed E-state index contributed by atoms with van der Waals surface area (Å²) in [5.74, 6) is 0.597. The van der Waals surface area contributed by atoms with E-state index in [0.29, 0.717) is 5.92 Å². The second kappa shape index (κ2) is 2.24. The third-order valence-electron chi connectivity index (χ3n) is 2.08.